The molecule has 1 aromatic rings. The van der Waals surface area contributed by atoms with Crippen molar-refractivity contribution in [2.75, 3.05) is 13.2 Å². The van der Waals surface area contributed by atoms with Crippen LogP contribution in [0, 0.1) is 5.92 Å². The van der Waals surface area contributed by atoms with Gasteiger partial charge in [0.05, 0.1) is 11.0 Å². The zero-order chi connectivity index (χ0) is 14.0. The summed E-state index contributed by atoms with van der Waals surface area (Å²) >= 11 is 0. The quantitative estimate of drug-likeness (QED) is 0.712. The van der Waals surface area contributed by atoms with Crippen molar-refractivity contribution >= 4 is 15.9 Å². The van der Waals surface area contributed by atoms with Gasteiger partial charge in [0, 0.05) is 25.3 Å². The van der Waals surface area contributed by atoms with Gasteiger partial charge in [0.25, 0.3) is 5.91 Å². The summed E-state index contributed by atoms with van der Waals surface area (Å²) in [7, 11) is -3.79. The molecule has 1 aliphatic heterocycles. The lowest BCUT2D eigenvalue weighted by molar-refractivity contribution is 0.0903. The minimum absolute atomic E-state index is 0.102. The molecule has 0 bridgehead atoms. The zero-order valence-electron chi connectivity index (χ0n) is 10.5. The Labute approximate surface area is 111 Å². The first kappa shape index (κ1) is 14.0. The van der Waals surface area contributed by atoms with Gasteiger partial charge in [-0.15, -0.1) is 0 Å². The van der Waals surface area contributed by atoms with E-state index in [0.29, 0.717) is 13.2 Å². The third-order valence-corrected chi connectivity index (χ3v) is 4.18. The van der Waals surface area contributed by atoms with Gasteiger partial charge in [0.2, 0.25) is 10.0 Å². The number of hydrogen-bond acceptors (Lipinski definition) is 4. The molecule has 0 aromatic carbocycles. The molecule has 0 aliphatic carbocycles. The number of amides is 1. The highest BCUT2D eigenvalue weighted by Crippen LogP contribution is 2.19. The molecule has 1 amide bonds. The summed E-state index contributed by atoms with van der Waals surface area (Å²) in [5, 5.41) is 7.72. The second kappa shape index (κ2) is 5.32. The summed E-state index contributed by atoms with van der Waals surface area (Å²) in [5.74, 6) is -0.0642. The average Bonchev–Trinajstić information content (AvgIpc) is 2.93. The molecule has 1 saturated heterocycles. The van der Waals surface area contributed by atoms with E-state index in [2.05, 4.69) is 10.3 Å². The number of ether oxygens (including phenoxy) is 1. The Hall–Kier alpha value is -1.38. The van der Waals surface area contributed by atoms with Crippen LogP contribution in [0.15, 0.2) is 17.2 Å². The highest BCUT2D eigenvalue weighted by molar-refractivity contribution is 7.89. The number of carbonyl (C=O) groups is 1. The molecule has 0 radical (unpaired) electrons. The molecule has 0 saturated carbocycles. The summed E-state index contributed by atoms with van der Waals surface area (Å²) in [6.07, 6.45) is 2.24. The lowest BCUT2D eigenvalue weighted by atomic mass is 10.0. The van der Waals surface area contributed by atoms with Crippen molar-refractivity contribution in [3.63, 3.8) is 0 Å². The van der Waals surface area contributed by atoms with Gasteiger partial charge in [0.15, 0.2) is 0 Å². The monoisotopic (exact) mass is 287 g/mol. The minimum atomic E-state index is -3.79. The van der Waals surface area contributed by atoms with Gasteiger partial charge in [-0.25, -0.2) is 13.6 Å². The summed E-state index contributed by atoms with van der Waals surface area (Å²) in [4.78, 5) is 14.3. The second-order valence-corrected chi connectivity index (χ2v) is 6.19. The normalized spacial score (nSPS) is 23.5. The van der Waals surface area contributed by atoms with Crippen LogP contribution in [-0.2, 0) is 14.8 Å². The third kappa shape index (κ3) is 3.34. The van der Waals surface area contributed by atoms with Crippen LogP contribution in [-0.4, -0.2) is 38.6 Å². The molecule has 2 unspecified atom stereocenters. The third-order valence-electron chi connectivity index (χ3n) is 3.29. The maximum Gasteiger partial charge on any atom is 0.267 e. The predicted octanol–water partition coefficient (Wildman–Crippen LogP) is -0.183. The number of primary sulfonamides is 1. The molecule has 0 spiro atoms. The Bertz CT molecular complexity index is 566. The number of hydrogen-bond donors (Lipinski definition) is 3. The maximum absolute atomic E-state index is 11.8. The highest BCUT2D eigenvalue weighted by Gasteiger charge is 2.25. The number of rotatable bonds is 4. The lowest BCUT2D eigenvalue weighted by Gasteiger charge is -2.14. The van der Waals surface area contributed by atoms with Crippen molar-refractivity contribution in [2.24, 2.45) is 11.1 Å². The van der Waals surface area contributed by atoms with E-state index in [9.17, 15) is 13.2 Å². The first-order valence-electron chi connectivity index (χ1n) is 5.99. The SMILES string of the molecule is CC1OCCC1CNC(=O)c1cc(S(N)(=O)=O)c[nH]1. The van der Waals surface area contributed by atoms with Crippen LogP contribution in [0.5, 0.6) is 0 Å². The van der Waals surface area contributed by atoms with Crippen molar-refractivity contribution in [3.8, 4) is 0 Å². The summed E-state index contributed by atoms with van der Waals surface area (Å²) < 4.78 is 27.6. The number of aromatic amines is 1. The highest BCUT2D eigenvalue weighted by atomic mass is 32.2. The second-order valence-electron chi connectivity index (χ2n) is 4.63. The predicted molar refractivity (Wildman–Crippen MR) is 68.0 cm³/mol. The number of nitrogens with two attached hydrogens (primary N) is 1. The van der Waals surface area contributed by atoms with E-state index < -0.39 is 10.0 Å². The molecular formula is C11H17N3O4S. The largest absolute Gasteiger partial charge is 0.378 e. The molecule has 2 rings (SSSR count). The standard InChI is InChI=1S/C11H17N3O4S/c1-7-8(2-3-18-7)5-14-11(15)10-4-9(6-13-10)19(12,16)17/h4,6-8,13H,2-3,5H2,1H3,(H,14,15)(H2,12,16,17). The summed E-state index contributed by atoms with van der Waals surface area (Å²) in [6.45, 7) is 3.18. The molecule has 19 heavy (non-hydrogen) atoms. The molecule has 2 atom stereocenters. The maximum atomic E-state index is 11.8. The van der Waals surface area contributed by atoms with E-state index >= 15 is 0 Å². The molecule has 7 nitrogen and oxygen atoms in total. The number of carbonyl (C=O) groups excluding carboxylic acids is 1. The number of aromatic nitrogens is 1. The Kier molecular flexibility index (Phi) is 3.93. The molecule has 4 N–H and O–H groups in total. The summed E-state index contributed by atoms with van der Waals surface area (Å²) in [6, 6.07) is 1.22. The Morgan fingerprint density at radius 2 is 2.37 bits per heavy atom. The minimum Gasteiger partial charge on any atom is -0.378 e. The van der Waals surface area contributed by atoms with Crippen LogP contribution in [0.25, 0.3) is 0 Å². The van der Waals surface area contributed by atoms with E-state index in [-0.39, 0.29) is 28.5 Å². The van der Waals surface area contributed by atoms with Crippen molar-refractivity contribution in [1.82, 2.24) is 10.3 Å². The van der Waals surface area contributed by atoms with Crippen LogP contribution < -0.4 is 10.5 Å². The molecule has 8 heteroatoms. The number of sulfonamides is 1. The van der Waals surface area contributed by atoms with Gasteiger partial charge in [0.1, 0.15) is 5.69 Å². The van der Waals surface area contributed by atoms with Gasteiger partial charge < -0.3 is 15.0 Å². The first-order chi connectivity index (χ1) is 8.88. The Balaban J connectivity index is 1.95. The van der Waals surface area contributed by atoms with Crippen LogP contribution in [0.4, 0.5) is 0 Å². The topological polar surface area (TPSA) is 114 Å². The van der Waals surface area contributed by atoms with Crippen LogP contribution >= 0.6 is 0 Å². The first-order valence-corrected chi connectivity index (χ1v) is 7.53. The Morgan fingerprint density at radius 3 is 2.89 bits per heavy atom. The molecule has 1 fully saturated rings. The fraction of sp³-hybridized carbons (Fsp3) is 0.545. The van der Waals surface area contributed by atoms with E-state index in [1.807, 2.05) is 6.92 Å². The Morgan fingerprint density at radius 1 is 1.63 bits per heavy atom. The average molecular weight is 287 g/mol. The van der Waals surface area contributed by atoms with E-state index in [4.69, 9.17) is 9.88 Å². The molecule has 1 aromatic heterocycles. The van der Waals surface area contributed by atoms with E-state index in [0.717, 1.165) is 6.42 Å². The van der Waals surface area contributed by atoms with Gasteiger partial charge in [-0.05, 0) is 19.4 Å². The van der Waals surface area contributed by atoms with Crippen molar-refractivity contribution in [2.45, 2.75) is 24.3 Å². The van der Waals surface area contributed by atoms with Crippen molar-refractivity contribution in [1.29, 1.82) is 0 Å². The van der Waals surface area contributed by atoms with Gasteiger partial charge >= 0.3 is 0 Å². The van der Waals surface area contributed by atoms with Crippen LogP contribution in [0.1, 0.15) is 23.8 Å². The lowest BCUT2D eigenvalue weighted by Crippen LogP contribution is -2.32. The molecular weight excluding hydrogens is 270 g/mol. The fourth-order valence-corrected chi connectivity index (χ4v) is 2.54. The number of H-pyrrole nitrogens is 1. The van der Waals surface area contributed by atoms with Crippen LogP contribution in [0.2, 0.25) is 0 Å². The van der Waals surface area contributed by atoms with Gasteiger partial charge in [-0.2, -0.15) is 0 Å². The van der Waals surface area contributed by atoms with Gasteiger partial charge in [-0.3, -0.25) is 4.79 Å². The number of nitrogens with one attached hydrogen (secondary N) is 2. The smallest absolute Gasteiger partial charge is 0.267 e. The van der Waals surface area contributed by atoms with Crippen molar-refractivity contribution in [3.05, 3.63) is 18.0 Å². The summed E-state index contributed by atoms with van der Waals surface area (Å²) in [5.41, 5.74) is 0.176. The van der Waals surface area contributed by atoms with E-state index in [1.165, 1.54) is 12.3 Å². The van der Waals surface area contributed by atoms with Gasteiger partial charge in [-0.1, -0.05) is 0 Å². The van der Waals surface area contributed by atoms with E-state index in [1.54, 1.807) is 0 Å². The zero-order valence-corrected chi connectivity index (χ0v) is 11.4. The molecule has 1 aliphatic rings. The van der Waals surface area contributed by atoms with Crippen LogP contribution in [0.3, 0.4) is 0 Å². The fourth-order valence-electron chi connectivity index (χ4n) is 2.03. The molecule has 2 heterocycles. The molecule has 106 valence electrons. The van der Waals surface area contributed by atoms with Crippen molar-refractivity contribution < 1.29 is 17.9 Å².